The van der Waals surface area contributed by atoms with E-state index in [4.69, 9.17) is 14.2 Å². The summed E-state index contributed by atoms with van der Waals surface area (Å²) in [6.45, 7) is 3.91. The van der Waals surface area contributed by atoms with Crippen LogP contribution in [0.15, 0.2) is 47.4 Å². The molecule has 0 aliphatic carbocycles. The van der Waals surface area contributed by atoms with Gasteiger partial charge in [0, 0.05) is 30.8 Å². The summed E-state index contributed by atoms with van der Waals surface area (Å²) in [5.74, 6) is 1.50. The largest absolute Gasteiger partial charge is 0.493 e. The number of aromatic nitrogens is 4. The van der Waals surface area contributed by atoms with Crippen molar-refractivity contribution in [2.45, 2.75) is 26.8 Å². The van der Waals surface area contributed by atoms with E-state index in [1.807, 2.05) is 31.2 Å². The van der Waals surface area contributed by atoms with Gasteiger partial charge in [0.25, 0.3) is 5.56 Å². The normalized spacial score (nSPS) is 10.9. The summed E-state index contributed by atoms with van der Waals surface area (Å²) in [6, 6.07) is 11.1. The summed E-state index contributed by atoms with van der Waals surface area (Å²) >= 11 is 0. The van der Waals surface area contributed by atoms with Gasteiger partial charge in [-0.25, -0.2) is 9.67 Å². The van der Waals surface area contributed by atoms with Crippen LogP contribution in [0, 0.1) is 13.8 Å². The number of carbonyl (C=O) groups excluding carboxylic acids is 1. The molecule has 10 nitrogen and oxygen atoms in total. The summed E-state index contributed by atoms with van der Waals surface area (Å²) < 4.78 is 19.1. The van der Waals surface area contributed by atoms with Gasteiger partial charge >= 0.3 is 0 Å². The molecule has 0 unspecified atom stereocenters. The fraction of sp³-hybridized carbons (Fsp3) is 0.280. The van der Waals surface area contributed by atoms with Crippen molar-refractivity contribution in [3.05, 3.63) is 64.3 Å². The predicted molar refractivity (Wildman–Crippen MR) is 132 cm³/mol. The molecule has 0 fully saturated rings. The van der Waals surface area contributed by atoms with Crippen molar-refractivity contribution >= 4 is 22.6 Å². The number of benzene rings is 2. The first-order valence-corrected chi connectivity index (χ1v) is 11.0. The number of aryl methyl sites for hydroxylation is 2. The van der Waals surface area contributed by atoms with Crippen LogP contribution in [0.25, 0.3) is 16.7 Å². The maximum atomic E-state index is 13.1. The van der Waals surface area contributed by atoms with Gasteiger partial charge < -0.3 is 19.5 Å². The van der Waals surface area contributed by atoms with Crippen LogP contribution in [0.5, 0.6) is 17.2 Å². The van der Waals surface area contributed by atoms with E-state index in [2.05, 4.69) is 15.4 Å². The molecule has 2 aromatic carbocycles. The highest BCUT2D eigenvalue weighted by molar-refractivity contribution is 5.91. The molecule has 0 aliphatic rings. The van der Waals surface area contributed by atoms with Crippen molar-refractivity contribution < 1.29 is 19.0 Å². The quantitative estimate of drug-likeness (QED) is 0.415. The Kier molecular flexibility index (Phi) is 6.72. The summed E-state index contributed by atoms with van der Waals surface area (Å²) in [5.41, 5.74) is 2.67. The van der Waals surface area contributed by atoms with Crippen molar-refractivity contribution in [1.29, 1.82) is 0 Å². The highest BCUT2D eigenvalue weighted by Crippen LogP contribution is 2.39. The van der Waals surface area contributed by atoms with E-state index < -0.39 is 0 Å². The first kappa shape index (κ1) is 23.8. The fourth-order valence-corrected chi connectivity index (χ4v) is 3.83. The molecule has 0 saturated carbocycles. The van der Waals surface area contributed by atoms with Crippen LogP contribution in [0.1, 0.15) is 17.8 Å². The average Bonchev–Trinajstić information content (AvgIpc) is 3.27. The minimum Gasteiger partial charge on any atom is -0.493 e. The second kappa shape index (κ2) is 9.88. The van der Waals surface area contributed by atoms with Crippen LogP contribution in [0.2, 0.25) is 0 Å². The summed E-state index contributed by atoms with van der Waals surface area (Å²) in [7, 11) is 4.51. The molecule has 0 aliphatic heterocycles. The molecule has 0 bridgehead atoms. The SMILES string of the molecule is COc1cc(NC(=O)CCn2c(C)nc3c(cnn3-c3ccc(C)cc3)c2=O)cc(OC)c1OC. The van der Waals surface area contributed by atoms with Crippen LogP contribution in [-0.2, 0) is 11.3 Å². The molecule has 1 amide bonds. The zero-order valence-electron chi connectivity index (χ0n) is 20.3. The van der Waals surface area contributed by atoms with Crippen molar-refractivity contribution in [2.24, 2.45) is 0 Å². The predicted octanol–water partition coefficient (Wildman–Crippen LogP) is 3.25. The molecular formula is C25H27N5O5. The molecule has 4 aromatic rings. The number of anilines is 1. The van der Waals surface area contributed by atoms with E-state index in [0.29, 0.717) is 39.8 Å². The standard InChI is InChI=1S/C25H27N5O5/c1-15-6-8-18(9-7-15)30-24-19(14-26-30)25(32)29(16(2)27-24)11-10-22(31)28-17-12-20(33-3)23(35-5)21(13-17)34-4/h6-9,12-14H,10-11H2,1-5H3,(H,28,31). The molecule has 0 spiro atoms. The van der Waals surface area contributed by atoms with Gasteiger partial charge in [-0.1, -0.05) is 17.7 Å². The molecule has 2 heterocycles. The van der Waals surface area contributed by atoms with Crippen LogP contribution >= 0.6 is 0 Å². The van der Waals surface area contributed by atoms with E-state index in [9.17, 15) is 9.59 Å². The first-order chi connectivity index (χ1) is 16.9. The first-order valence-electron chi connectivity index (χ1n) is 11.0. The Morgan fingerprint density at radius 3 is 2.26 bits per heavy atom. The highest BCUT2D eigenvalue weighted by Gasteiger charge is 2.17. The lowest BCUT2D eigenvalue weighted by molar-refractivity contribution is -0.116. The zero-order valence-corrected chi connectivity index (χ0v) is 20.3. The van der Waals surface area contributed by atoms with Gasteiger partial charge in [0.15, 0.2) is 17.1 Å². The monoisotopic (exact) mass is 477 g/mol. The van der Waals surface area contributed by atoms with E-state index in [0.717, 1.165) is 11.3 Å². The third kappa shape index (κ3) is 4.68. The number of ether oxygens (including phenoxy) is 3. The molecule has 182 valence electrons. The Morgan fingerprint density at radius 1 is 1.00 bits per heavy atom. The number of hydrogen-bond donors (Lipinski definition) is 1. The number of amides is 1. The molecule has 4 rings (SSSR count). The Labute approximate surface area is 202 Å². The fourth-order valence-electron chi connectivity index (χ4n) is 3.83. The molecule has 0 atom stereocenters. The number of nitrogens with one attached hydrogen (secondary N) is 1. The van der Waals surface area contributed by atoms with E-state index >= 15 is 0 Å². The second-order valence-corrected chi connectivity index (χ2v) is 7.96. The van der Waals surface area contributed by atoms with Gasteiger partial charge in [-0.15, -0.1) is 0 Å². The van der Waals surface area contributed by atoms with Crippen LogP contribution in [0.3, 0.4) is 0 Å². The van der Waals surface area contributed by atoms with Gasteiger partial charge in [-0.3, -0.25) is 14.2 Å². The van der Waals surface area contributed by atoms with E-state index in [1.165, 1.54) is 32.1 Å². The minimum atomic E-state index is -0.277. The molecule has 2 aromatic heterocycles. The van der Waals surface area contributed by atoms with Crippen molar-refractivity contribution in [3.8, 4) is 22.9 Å². The molecule has 0 saturated heterocycles. The number of fused-ring (bicyclic) bond motifs is 1. The third-order valence-electron chi connectivity index (χ3n) is 5.67. The lowest BCUT2D eigenvalue weighted by Gasteiger charge is -2.15. The topological polar surface area (TPSA) is 110 Å². The number of hydrogen-bond acceptors (Lipinski definition) is 7. The Morgan fingerprint density at radius 2 is 1.66 bits per heavy atom. The van der Waals surface area contributed by atoms with E-state index in [-0.39, 0.29) is 24.4 Å². The lowest BCUT2D eigenvalue weighted by atomic mass is 10.2. The molecule has 10 heteroatoms. The summed E-state index contributed by atoms with van der Waals surface area (Å²) in [5, 5.41) is 7.57. The maximum absolute atomic E-state index is 13.1. The third-order valence-corrected chi connectivity index (χ3v) is 5.67. The number of carbonyl (C=O) groups is 1. The average molecular weight is 478 g/mol. The zero-order chi connectivity index (χ0) is 25.1. The van der Waals surface area contributed by atoms with Crippen molar-refractivity contribution in [1.82, 2.24) is 19.3 Å². The molecule has 1 N–H and O–H groups in total. The van der Waals surface area contributed by atoms with Crippen molar-refractivity contribution in [3.63, 3.8) is 0 Å². The second-order valence-electron chi connectivity index (χ2n) is 7.96. The summed E-state index contributed by atoms with van der Waals surface area (Å²) in [4.78, 5) is 30.4. The van der Waals surface area contributed by atoms with Gasteiger partial charge in [-0.2, -0.15) is 5.10 Å². The van der Waals surface area contributed by atoms with Crippen LogP contribution < -0.4 is 25.1 Å². The number of rotatable bonds is 8. The Hall–Kier alpha value is -4.34. The van der Waals surface area contributed by atoms with Gasteiger partial charge in [-0.05, 0) is 26.0 Å². The van der Waals surface area contributed by atoms with Gasteiger partial charge in [0.05, 0.1) is 33.2 Å². The molecular weight excluding hydrogens is 450 g/mol. The minimum absolute atomic E-state index is 0.0662. The highest BCUT2D eigenvalue weighted by atomic mass is 16.5. The number of nitrogens with zero attached hydrogens (tertiary/aromatic N) is 4. The van der Waals surface area contributed by atoms with Gasteiger partial charge in [0.2, 0.25) is 11.7 Å². The van der Waals surface area contributed by atoms with E-state index in [1.54, 1.807) is 23.7 Å². The van der Waals surface area contributed by atoms with Crippen molar-refractivity contribution in [2.75, 3.05) is 26.6 Å². The Bertz CT molecular complexity index is 1410. The number of methoxy groups -OCH3 is 3. The van der Waals surface area contributed by atoms with Crippen LogP contribution in [0.4, 0.5) is 5.69 Å². The summed E-state index contributed by atoms with van der Waals surface area (Å²) in [6.07, 6.45) is 1.58. The van der Waals surface area contributed by atoms with Crippen LogP contribution in [-0.4, -0.2) is 46.6 Å². The molecule has 35 heavy (non-hydrogen) atoms. The Balaban J connectivity index is 1.54. The maximum Gasteiger partial charge on any atom is 0.264 e. The molecule has 0 radical (unpaired) electrons. The van der Waals surface area contributed by atoms with Gasteiger partial charge in [0.1, 0.15) is 11.2 Å². The smallest absolute Gasteiger partial charge is 0.264 e. The lowest BCUT2D eigenvalue weighted by Crippen LogP contribution is -2.26.